The van der Waals surface area contributed by atoms with Crippen molar-refractivity contribution in [1.82, 2.24) is 57.7 Å². The largest absolute Gasteiger partial charge is 0.478 e. The number of carboxylic acid groups (broad SMARTS) is 1. The fourth-order valence-electron chi connectivity index (χ4n) is 8.11. The molecule has 8 atom stereocenters. The van der Waals surface area contributed by atoms with E-state index >= 15 is 0 Å². The SMILES string of the molecule is CNC(=O)OCC(OC(=O)NC)C(OC(=O)NC)C(OC(=O)NC)C(OC(=O)NC)N(C)c1ccc2c(-c3ccccc3C(=O)O)c3cc/c(=[N+](/C)C(OC(=O)NC)C(OC(=O)NC)C(OC(=O)NC)C(COC(=O)NC)OC(=O)NC)cc-3oc2c1. The highest BCUT2D eigenvalue weighted by Crippen LogP contribution is 2.42. The third-order valence-electron chi connectivity index (χ3n) is 12.4. The van der Waals surface area contributed by atoms with Crippen LogP contribution in [0.5, 0.6) is 0 Å². The maximum absolute atomic E-state index is 13.4. The van der Waals surface area contributed by atoms with Gasteiger partial charge in [0.1, 0.15) is 31.6 Å². The molecular weight excluding hydrogens is 1160 g/mol. The number of benzene rings is 3. The zero-order valence-corrected chi connectivity index (χ0v) is 49.1. The van der Waals surface area contributed by atoms with Crippen LogP contribution < -0.4 is 68.0 Å². The van der Waals surface area contributed by atoms with Gasteiger partial charge in [-0.25, -0.2) is 52.7 Å². The van der Waals surface area contributed by atoms with Crippen LogP contribution >= 0.6 is 0 Å². The van der Waals surface area contributed by atoms with E-state index in [9.17, 15) is 57.8 Å². The molecule has 35 nitrogen and oxygen atoms in total. The number of carbonyl (C=O) groups is 11. The number of likely N-dealkylation sites (N-methyl/N-ethyl adjacent to an activating group) is 2. The standard InChI is InChI=1S/C52H68N12O23/c1-53-43(67)77-23-33(80-45(69)55-3)36(82-47(71)57-5)38(84-49(73)59-7)40(86-51(75)61-9)63(11)25-17-19-29-31(21-25)79-32-22-26(18-20-30(32)35(29)27-15-13-14-16-28(27)42(65)66)64(12)41(87-52(76)62-10)39(85-50(74)60-8)37(83-48(72)58-6)34(81-46(70)56-4)24-78-44(68)54-2/h13-22,33-34,36-41H,23-24H2,1-12H3,(H10-,53,54,55,56,57,58,59,60,61,62,65,66,67,68,69,70,71,72,73,74,75,76)/p+1. The van der Waals surface area contributed by atoms with Crippen molar-refractivity contribution >= 4 is 83.6 Å². The van der Waals surface area contributed by atoms with Crippen LogP contribution in [0.3, 0.4) is 0 Å². The number of alkyl carbamates (subject to hydrolysis) is 10. The van der Waals surface area contributed by atoms with Crippen molar-refractivity contribution < 1.29 is 110 Å². The first kappa shape index (κ1) is 68.6. The minimum Gasteiger partial charge on any atom is -0.478 e. The highest BCUT2D eigenvalue weighted by molar-refractivity contribution is 6.08. The Balaban J connectivity index is 2.20. The smallest absolute Gasteiger partial charge is 0.412 e. The molecule has 2 aliphatic rings. The van der Waals surface area contributed by atoms with Gasteiger partial charge in [0.15, 0.2) is 24.4 Å². The molecule has 35 heteroatoms. The number of amides is 10. The number of fused-ring (bicyclic) bond motifs is 2. The van der Waals surface area contributed by atoms with Gasteiger partial charge < -0.3 is 115 Å². The molecule has 0 saturated carbocycles. The number of rotatable bonds is 23. The third-order valence-corrected chi connectivity index (χ3v) is 12.4. The molecule has 1 heterocycles. The lowest BCUT2D eigenvalue weighted by atomic mass is 9.90. The molecule has 8 unspecified atom stereocenters. The van der Waals surface area contributed by atoms with E-state index in [0.29, 0.717) is 0 Å². The number of anilines is 1. The highest BCUT2D eigenvalue weighted by Gasteiger charge is 2.51. The fraction of sp³-hybridized carbons (Fsp3) is 0.423. The van der Waals surface area contributed by atoms with E-state index in [2.05, 4.69) is 53.2 Å². The molecule has 2 aromatic rings. The van der Waals surface area contributed by atoms with Crippen molar-refractivity contribution in [3.05, 3.63) is 71.6 Å². The maximum atomic E-state index is 13.4. The number of hydrogen-bond acceptors (Lipinski definition) is 23. The molecular formula is C52H69N12O23+. The summed E-state index contributed by atoms with van der Waals surface area (Å²) in [5, 5.41) is 33.3. The van der Waals surface area contributed by atoms with Gasteiger partial charge in [0.2, 0.25) is 23.8 Å². The Bertz CT molecular complexity index is 3180. The van der Waals surface area contributed by atoms with E-state index in [4.69, 9.17) is 51.8 Å². The minimum atomic E-state index is -2.02. The van der Waals surface area contributed by atoms with Crippen LogP contribution in [0.1, 0.15) is 10.4 Å². The fourth-order valence-corrected chi connectivity index (χ4v) is 8.11. The molecule has 11 N–H and O–H groups in total. The summed E-state index contributed by atoms with van der Waals surface area (Å²) in [4.78, 5) is 144. The summed E-state index contributed by atoms with van der Waals surface area (Å²) in [6.45, 7) is -1.71. The van der Waals surface area contributed by atoms with Crippen LogP contribution in [0.4, 0.5) is 53.6 Å². The Kier molecular flexibility index (Phi) is 25.9. The number of hydrogen-bond donors (Lipinski definition) is 11. The zero-order chi connectivity index (χ0) is 64.7. The molecule has 4 rings (SSSR count). The molecule has 0 spiro atoms. The monoisotopic (exact) mass is 1230 g/mol. The van der Waals surface area contributed by atoms with Crippen LogP contribution in [-0.4, -0.2) is 219 Å². The van der Waals surface area contributed by atoms with E-state index in [1.165, 1.54) is 149 Å². The number of nitrogens with zero attached hydrogens (tertiary/aromatic N) is 2. The van der Waals surface area contributed by atoms with Crippen LogP contribution in [0.15, 0.2) is 65.1 Å². The number of aromatic carboxylic acids is 1. The lowest BCUT2D eigenvalue weighted by molar-refractivity contribution is -0.131. The summed E-state index contributed by atoms with van der Waals surface area (Å²) >= 11 is 0. The van der Waals surface area contributed by atoms with Gasteiger partial charge >= 0.3 is 73.1 Å². The maximum Gasteiger partial charge on any atom is 0.412 e. The first-order valence-electron chi connectivity index (χ1n) is 25.9. The van der Waals surface area contributed by atoms with Crippen molar-refractivity contribution in [1.29, 1.82) is 0 Å². The van der Waals surface area contributed by atoms with Crippen molar-refractivity contribution in [2.75, 3.05) is 103 Å². The summed E-state index contributed by atoms with van der Waals surface area (Å²) in [6.07, 6.45) is -27.0. The molecule has 0 saturated heterocycles. The molecule has 1 aliphatic heterocycles. The first-order chi connectivity index (χ1) is 41.5. The average molecular weight is 1230 g/mol. The Morgan fingerprint density at radius 3 is 1.39 bits per heavy atom. The van der Waals surface area contributed by atoms with Crippen LogP contribution in [0, 0.1) is 0 Å². The molecule has 87 heavy (non-hydrogen) atoms. The summed E-state index contributed by atoms with van der Waals surface area (Å²) < 4.78 is 63.9. The Morgan fingerprint density at radius 2 is 0.908 bits per heavy atom. The minimum absolute atomic E-state index is 0.0365. The average Bonchev–Trinajstić information content (AvgIpc) is 1.35. The van der Waals surface area contributed by atoms with Gasteiger partial charge in [-0.1, -0.05) is 18.2 Å². The van der Waals surface area contributed by atoms with E-state index < -0.39 is 129 Å². The van der Waals surface area contributed by atoms with Gasteiger partial charge in [-0.05, 0) is 29.8 Å². The van der Waals surface area contributed by atoms with Crippen molar-refractivity contribution in [2.45, 2.75) is 49.1 Å². The molecule has 0 aromatic heterocycles. The van der Waals surface area contributed by atoms with E-state index in [1.807, 2.05) is 0 Å². The summed E-state index contributed by atoms with van der Waals surface area (Å²) in [7, 11) is 14.6. The molecule has 10 amide bonds. The summed E-state index contributed by atoms with van der Waals surface area (Å²) in [5.41, 5.74) is 0.553. The molecule has 0 radical (unpaired) electrons. The molecule has 474 valence electrons. The van der Waals surface area contributed by atoms with Crippen molar-refractivity contribution in [2.24, 2.45) is 0 Å². The van der Waals surface area contributed by atoms with Gasteiger partial charge in [0.05, 0.1) is 11.6 Å². The predicted molar refractivity (Wildman–Crippen MR) is 300 cm³/mol. The van der Waals surface area contributed by atoms with Gasteiger partial charge in [0, 0.05) is 112 Å². The van der Waals surface area contributed by atoms with E-state index in [1.54, 1.807) is 6.07 Å². The second-order valence-corrected chi connectivity index (χ2v) is 17.6. The molecule has 0 bridgehead atoms. The Morgan fingerprint density at radius 1 is 0.483 bits per heavy atom. The lowest BCUT2D eigenvalue weighted by Gasteiger charge is -2.39. The predicted octanol–water partition coefficient (Wildman–Crippen LogP) is 1.16. The van der Waals surface area contributed by atoms with E-state index in [-0.39, 0.29) is 50.0 Å². The molecule has 0 fully saturated rings. The second-order valence-electron chi connectivity index (χ2n) is 17.6. The summed E-state index contributed by atoms with van der Waals surface area (Å²) in [6, 6.07) is 14.8. The normalized spacial score (nSPS) is 13.7. The van der Waals surface area contributed by atoms with Crippen molar-refractivity contribution in [3.8, 4) is 22.5 Å². The highest BCUT2D eigenvalue weighted by atomic mass is 16.7. The number of carbonyl (C=O) groups excluding carboxylic acids is 10. The molecule has 1 aliphatic carbocycles. The van der Waals surface area contributed by atoms with E-state index in [0.717, 1.165) is 0 Å². The zero-order valence-electron chi connectivity index (χ0n) is 49.1. The molecule has 2 aromatic carbocycles. The van der Waals surface area contributed by atoms with Gasteiger partial charge in [-0.2, -0.15) is 4.58 Å². The Hall–Kier alpha value is -10.9. The number of carboxylic acids is 1. The topological polar surface area (TPSA) is 440 Å². The lowest BCUT2D eigenvalue weighted by Crippen LogP contribution is -2.59. The quantitative estimate of drug-likeness (QED) is 0.0215. The van der Waals surface area contributed by atoms with Crippen LogP contribution in [-0.2, 0) is 47.4 Å². The Labute approximate surface area is 495 Å². The second kappa shape index (κ2) is 32.8. The van der Waals surface area contributed by atoms with Crippen LogP contribution in [0.25, 0.3) is 33.4 Å². The van der Waals surface area contributed by atoms with Crippen LogP contribution in [0.2, 0.25) is 0 Å². The summed E-state index contributed by atoms with van der Waals surface area (Å²) in [5.74, 6) is -1.36. The van der Waals surface area contributed by atoms with Gasteiger partial charge in [0.25, 0.3) is 0 Å². The third kappa shape index (κ3) is 18.3. The van der Waals surface area contributed by atoms with Gasteiger partial charge in [-0.3, -0.25) is 0 Å². The first-order valence-corrected chi connectivity index (χ1v) is 25.9. The van der Waals surface area contributed by atoms with Gasteiger partial charge in [-0.15, -0.1) is 0 Å². The van der Waals surface area contributed by atoms with Crippen molar-refractivity contribution in [3.63, 3.8) is 0 Å². The number of ether oxygens (including phenoxy) is 10. The number of nitrogens with one attached hydrogen (secondary N) is 10.